The molecule has 0 saturated carbocycles. The molecule has 0 amide bonds. The lowest BCUT2D eigenvalue weighted by Crippen LogP contribution is -2.30. The Morgan fingerprint density at radius 1 is 1.38 bits per heavy atom. The van der Waals surface area contributed by atoms with Crippen LogP contribution in [0.5, 0.6) is 0 Å². The van der Waals surface area contributed by atoms with E-state index in [9.17, 15) is 0 Å². The Morgan fingerprint density at radius 3 is 2.75 bits per heavy atom. The highest BCUT2D eigenvalue weighted by Crippen LogP contribution is 2.21. The van der Waals surface area contributed by atoms with Crippen LogP contribution < -0.4 is 5.32 Å². The standard InChI is InChI=1S/C12H19NO2S/c1-10-3-4-11(16-10)9-13-6-5-12(2)14-7-8-15-12/h3-4,13H,5-9H2,1-2H3. The van der Waals surface area contributed by atoms with E-state index in [-0.39, 0.29) is 5.79 Å². The molecule has 0 aliphatic carbocycles. The number of nitrogens with one attached hydrogen (secondary N) is 1. The first-order chi connectivity index (χ1) is 7.68. The van der Waals surface area contributed by atoms with Crippen molar-refractivity contribution < 1.29 is 9.47 Å². The number of hydrogen-bond donors (Lipinski definition) is 1. The third-order valence-corrected chi connectivity index (χ3v) is 3.75. The molecule has 1 aromatic rings. The molecule has 3 nitrogen and oxygen atoms in total. The second-order valence-electron chi connectivity index (χ2n) is 4.27. The maximum Gasteiger partial charge on any atom is 0.166 e. The second kappa shape index (κ2) is 5.27. The van der Waals surface area contributed by atoms with Gasteiger partial charge in [-0.2, -0.15) is 0 Å². The summed E-state index contributed by atoms with van der Waals surface area (Å²) in [5, 5.41) is 3.42. The Bertz CT molecular complexity index is 332. The van der Waals surface area contributed by atoms with Crippen LogP contribution in [-0.4, -0.2) is 25.5 Å². The molecule has 2 rings (SSSR count). The summed E-state index contributed by atoms with van der Waals surface area (Å²) in [6.07, 6.45) is 0.900. The minimum Gasteiger partial charge on any atom is -0.348 e. The van der Waals surface area contributed by atoms with Crippen molar-refractivity contribution in [3.05, 3.63) is 21.9 Å². The van der Waals surface area contributed by atoms with Crippen molar-refractivity contribution in [2.75, 3.05) is 19.8 Å². The van der Waals surface area contributed by atoms with E-state index >= 15 is 0 Å². The van der Waals surface area contributed by atoms with Gasteiger partial charge in [-0.15, -0.1) is 11.3 Å². The minimum atomic E-state index is -0.363. The molecule has 90 valence electrons. The molecule has 1 aliphatic rings. The topological polar surface area (TPSA) is 30.5 Å². The van der Waals surface area contributed by atoms with Crippen LogP contribution in [0.25, 0.3) is 0 Å². The van der Waals surface area contributed by atoms with E-state index in [1.54, 1.807) is 0 Å². The molecule has 0 atom stereocenters. The number of thiophene rings is 1. The van der Waals surface area contributed by atoms with Crippen LogP contribution in [0.3, 0.4) is 0 Å². The maximum absolute atomic E-state index is 5.54. The van der Waals surface area contributed by atoms with E-state index in [0.717, 1.165) is 32.7 Å². The van der Waals surface area contributed by atoms with Crippen molar-refractivity contribution in [2.24, 2.45) is 0 Å². The molecule has 1 aromatic heterocycles. The van der Waals surface area contributed by atoms with Crippen LogP contribution in [0.1, 0.15) is 23.1 Å². The normalized spacial score (nSPS) is 19.1. The Morgan fingerprint density at radius 2 is 2.12 bits per heavy atom. The molecule has 1 saturated heterocycles. The summed E-state index contributed by atoms with van der Waals surface area (Å²) >= 11 is 1.84. The highest BCUT2D eigenvalue weighted by Gasteiger charge is 2.29. The zero-order chi connectivity index (χ0) is 11.4. The first kappa shape index (κ1) is 12.0. The molecule has 1 aliphatic heterocycles. The summed E-state index contributed by atoms with van der Waals surface area (Å²) in [5.41, 5.74) is 0. The van der Waals surface area contributed by atoms with Gasteiger partial charge in [0.1, 0.15) is 0 Å². The van der Waals surface area contributed by atoms with E-state index in [2.05, 4.69) is 24.4 Å². The van der Waals surface area contributed by atoms with Gasteiger partial charge >= 0.3 is 0 Å². The summed E-state index contributed by atoms with van der Waals surface area (Å²) in [5.74, 6) is -0.363. The predicted molar refractivity (Wildman–Crippen MR) is 65.7 cm³/mol. The van der Waals surface area contributed by atoms with Crippen molar-refractivity contribution in [3.8, 4) is 0 Å². The molecule has 1 fully saturated rings. The molecule has 0 unspecified atom stereocenters. The molecular weight excluding hydrogens is 222 g/mol. The lowest BCUT2D eigenvalue weighted by Gasteiger charge is -2.22. The lowest BCUT2D eigenvalue weighted by atomic mass is 10.2. The molecule has 4 heteroatoms. The number of ether oxygens (including phenoxy) is 2. The average Bonchev–Trinajstić information content (AvgIpc) is 2.84. The van der Waals surface area contributed by atoms with Gasteiger partial charge in [0.25, 0.3) is 0 Å². The number of hydrogen-bond acceptors (Lipinski definition) is 4. The Labute approximate surface area is 101 Å². The van der Waals surface area contributed by atoms with E-state index in [0.29, 0.717) is 0 Å². The zero-order valence-corrected chi connectivity index (χ0v) is 10.7. The van der Waals surface area contributed by atoms with Gasteiger partial charge in [0.15, 0.2) is 5.79 Å². The fourth-order valence-corrected chi connectivity index (χ4v) is 2.67. The first-order valence-electron chi connectivity index (χ1n) is 5.72. The summed E-state index contributed by atoms with van der Waals surface area (Å²) in [6.45, 7) is 7.45. The van der Waals surface area contributed by atoms with E-state index in [1.807, 2.05) is 18.3 Å². The van der Waals surface area contributed by atoms with E-state index < -0.39 is 0 Å². The van der Waals surface area contributed by atoms with E-state index in [4.69, 9.17) is 9.47 Å². The molecule has 0 radical (unpaired) electrons. The fraction of sp³-hybridized carbons (Fsp3) is 0.667. The molecule has 0 spiro atoms. The average molecular weight is 241 g/mol. The van der Waals surface area contributed by atoms with Gasteiger partial charge < -0.3 is 14.8 Å². The maximum atomic E-state index is 5.54. The molecule has 0 bridgehead atoms. The van der Waals surface area contributed by atoms with Gasteiger partial charge in [-0.3, -0.25) is 0 Å². The van der Waals surface area contributed by atoms with Crippen molar-refractivity contribution in [1.82, 2.24) is 5.32 Å². The largest absolute Gasteiger partial charge is 0.348 e. The van der Waals surface area contributed by atoms with Gasteiger partial charge in [-0.25, -0.2) is 0 Å². The SMILES string of the molecule is Cc1ccc(CNCCC2(C)OCCO2)s1. The summed E-state index contributed by atoms with van der Waals surface area (Å²) in [6, 6.07) is 4.34. The Hall–Kier alpha value is -0.420. The van der Waals surface area contributed by atoms with Crippen LogP contribution in [0, 0.1) is 6.92 Å². The molecule has 2 heterocycles. The number of rotatable bonds is 5. The van der Waals surface area contributed by atoms with Gasteiger partial charge in [-0.1, -0.05) is 0 Å². The van der Waals surface area contributed by atoms with Crippen molar-refractivity contribution in [2.45, 2.75) is 32.6 Å². The molecule has 1 N–H and O–H groups in total. The number of aryl methyl sites for hydroxylation is 1. The van der Waals surface area contributed by atoms with Crippen molar-refractivity contribution in [1.29, 1.82) is 0 Å². The van der Waals surface area contributed by atoms with Crippen LogP contribution in [0.4, 0.5) is 0 Å². The molecule has 0 aromatic carbocycles. The van der Waals surface area contributed by atoms with E-state index in [1.165, 1.54) is 9.75 Å². The Balaban J connectivity index is 1.65. The highest BCUT2D eigenvalue weighted by atomic mass is 32.1. The monoisotopic (exact) mass is 241 g/mol. The summed E-state index contributed by atoms with van der Waals surface area (Å²) in [7, 11) is 0. The van der Waals surface area contributed by atoms with Gasteiger partial charge in [0, 0.05) is 29.3 Å². The summed E-state index contributed by atoms with van der Waals surface area (Å²) in [4.78, 5) is 2.75. The van der Waals surface area contributed by atoms with Crippen LogP contribution in [0.15, 0.2) is 12.1 Å². The van der Waals surface area contributed by atoms with Crippen LogP contribution in [0.2, 0.25) is 0 Å². The van der Waals surface area contributed by atoms with Crippen molar-refractivity contribution in [3.63, 3.8) is 0 Å². The van der Waals surface area contributed by atoms with Gasteiger partial charge in [-0.05, 0) is 26.0 Å². The minimum absolute atomic E-state index is 0.363. The van der Waals surface area contributed by atoms with Gasteiger partial charge in [0.05, 0.1) is 13.2 Å². The first-order valence-corrected chi connectivity index (χ1v) is 6.54. The molecule has 16 heavy (non-hydrogen) atoms. The van der Waals surface area contributed by atoms with Crippen LogP contribution in [-0.2, 0) is 16.0 Å². The van der Waals surface area contributed by atoms with Crippen molar-refractivity contribution >= 4 is 11.3 Å². The third kappa shape index (κ3) is 3.28. The lowest BCUT2D eigenvalue weighted by molar-refractivity contribution is -0.145. The third-order valence-electron chi connectivity index (χ3n) is 2.75. The van der Waals surface area contributed by atoms with Gasteiger partial charge in [0.2, 0.25) is 0 Å². The highest BCUT2D eigenvalue weighted by molar-refractivity contribution is 7.11. The fourth-order valence-electron chi connectivity index (χ4n) is 1.81. The Kier molecular flexibility index (Phi) is 3.97. The van der Waals surface area contributed by atoms with Crippen LogP contribution >= 0.6 is 11.3 Å². The molecular formula is C12H19NO2S. The zero-order valence-electron chi connectivity index (χ0n) is 9.91. The second-order valence-corrected chi connectivity index (χ2v) is 5.64. The smallest absolute Gasteiger partial charge is 0.166 e. The predicted octanol–water partition coefficient (Wildman–Crippen LogP) is 2.30. The quantitative estimate of drug-likeness (QED) is 0.802. The summed E-state index contributed by atoms with van der Waals surface area (Å²) < 4.78 is 11.1.